The Morgan fingerprint density at radius 1 is 1.44 bits per heavy atom. The van der Waals surface area contributed by atoms with Crippen LogP contribution < -0.4 is 11.1 Å². The zero-order valence-electron chi connectivity index (χ0n) is 10.2. The second-order valence-electron chi connectivity index (χ2n) is 4.03. The largest absolute Gasteiger partial charge is 0.398 e. The van der Waals surface area contributed by atoms with E-state index in [1.165, 1.54) is 4.88 Å². The third-order valence-corrected chi connectivity index (χ3v) is 3.79. The normalized spacial score (nSPS) is 11.8. The summed E-state index contributed by atoms with van der Waals surface area (Å²) in [4.78, 5) is 1.31. The fourth-order valence-corrected chi connectivity index (χ4v) is 2.68. The van der Waals surface area contributed by atoms with Crippen LogP contribution in [0.1, 0.15) is 29.8 Å². The topological polar surface area (TPSA) is 61.8 Å². The van der Waals surface area contributed by atoms with E-state index < -0.39 is 0 Å². The van der Waals surface area contributed by atoms with E-state index in [0.29, 0.717) is 11.3 Å². The van der Waals surface area contributed by atoms with Gasteiger partial charge in [-0.05, 0) is 36.1 Å². The summed E-state index contributed by atoms with van der Waals surface area (Å²) < 4.78 is 0. The van der Waals surface area contributed by atoms with Crippen molar-refractivity contribution >= 4 is 22.7 Å². The molecule has 1 atom stereocenters. The van der Waals surface area contributed by atoms with Crippen molar-refractivity contribution < 1.29 is 0 Å². The predicted molar refractivity (Wildman–Crippen MR) is 76.5 cm³/mol. The van der Waals surface area contributed by atoms with Gasteiger partial charge in [-0.1, -0.05) is 13.0 Å². The molecule has 0 aliphatic rings. The first-order valence-corrected chi connectivity index (χ1v) is 6.72. The van der Waals surface area contributed by atoms with Gasteiger partial charge in [0.05, 0.1) is 17.3 Å². The average molecular weight is 257 g/mol. The second kappa shape index (κ2) is 5.56. The first kappa shape index (κ1) is 12.5. The maximum absolute atomic E-state index is 8.84. The molecule has 2 rings (SSSR count). The highest BCUT2D eigenvalue weighted by atomic mass is 32.1. The molecule has 0 saturated heterocycles. The van der Waals surface area contributed by atoms with Crippen LogP contribution in [0, 0.1) is 11.3 Å². The number of thiophene rings is 1. The lowest BCUT2D eigenvalue weighted by atomic mass is 10.1. The van der Waals surface area contributed by atoms with Gasteiger partial charge in [0.2, 0.25) is 0 Å². The third kappa shape index (κ3) is 2.63. The number of hydrogen-bond acceptors (Lipinski definition) is 4. The SMILES string of the molecule is CCC(Nc1ccc(C#N)c(N)c1)c1cccs1. The summed E-state index contributed by atoms with van der Waals surface area (Å²) in [5.41, 5.74) is 7.79. The van der Waals surface area contributed by atoms with Crippen LogP contribution in [-0.4, -0.2) is 0 Å². The van der Waals surface area contributed by atoms with Crippen LogP contribution in [0.5, 0.6) is 0 Å². The van der Waals surface area contributed by atoms with Crippen molar-refractivity contribution in [3.8, 4) is 6.07 Å². The van der Waals surface area contributed by atoms with Crippen LogP contribution in [0.2, 0.25) is 0 Å². The Morgan fingerprint density at radius 3 is 2.83 bits per heavy atom. The summed E-state index contributed by atoms with van der Waals surface area (Å²) >= 11 is 1.74. The number of nitrogens with zero attached hydrogens (tertiary/aromatic N) is 1. The molecular weight excluding hydrogens is 242 g/mol. The van der Waals surface area contributed by atoms with Crippen molar-refractivity contribution in [1.29, 1.82) is 5.26 Å². The van der Waals surface area contributed by atoms with E-state index in [0.717, 1.165) is 12.1 Å². The van der Waals surface area contributed by atoms with Crippen LogP contribution in [0.15, 0.2) is 35.7 Å². The molecule has 3 N–H and O–H groups in total. The van der Waals surface area contributed by atoms with Gasteiger partial charge in [0.15, 0.2) is 0 Å². The van der Waals surface area contributed by atoms with Gasteiger partial charge in [0, 0.05) is 10.6 Å². The molecule has 0 aliphatic carbocycles. The van der Waals surface area contributed by atoms with Crippen molar-refractivity contribution in [3.05, 3.63) is 46.2 Å². The smallest absolute Gasteiger partial charge is 0.101 e. The molecule has 0 bridgehead atoms. The zero-order chi connectivity index (χ0) is 13.0. The lowest BCUT2D eigenvalue weighted by Crippen LogP contribution is -2.08. The summed E-state index contributed by atoms with van der Waals surface area (Å²) in [5.74, 6) is 0. The lowest BCUT2D eigenvalue weighted by Gasteiger charge is -2.17. The number of rotatable bonds is 4. The summed E-state index contributed by atoms with van der Waals surface area (Å²) in [5, 5.41) is 14.4. The van der Waals surface area contributed by atoms with E-state index in [1.807, 2.05) is 12.1 Å². The molecule has 1 heterocycles. The van der Waals surface area contributed by atoms with Crippen LogP contribution in [0.3, 0.4) is 0 Å². The van der Waals surface area contributed by atoms with Gasteiger partial charge >= 0.3 is 0 Å². The maximum atomic E-state index is 8.84. The molecule has 0 aliphatic heterocycles. The summed E-state index contributed by atoms with van der Waals surface area (Å²) in [7, 11) is 0. The predicted octanol–water partition coefficient (Wildman–Crippen LogP) is 3.77. The van der Waals surface area contributed by atoms with Gasteiger partial charge in [-0.3, -0.25) is 0 Å². The Bertz CT molecular complexity index is 555. The van der Waals surface area contributed by atoms with Gasteiger partial charge in [-0.2, -0.15) is 5.26 Å². The molecule has 3 nitrogen and oxygen atoms in total. The standard InChI is InChI=1S/C14H15N3S/c1-2-13(14-4-3-7-18-14)17-11-6-5-10(9-15)12(16)8-11/h3-8,13,17H,2,16H2,1H3. The van der Waals surface area contributed by atoms with Crippen LogP contribution in [-0.2, 0) is 0 Å². The third-order valence-electron chi connectivity index (χ3n) is 2.81. The van der Waals surface area contributed by atoms with Crippen molar-refractivity contribution in [2.45, 2.75) is 19.4 Å². The Kier molecular flexibility index (Phi) is 3.85. The number of nitrogen functional groups attached to an aromatic ring is 1. The van der Waals surface area contributed by atoms with Crippen LogP contribution >= 0.6 is 11.3 Å². The highest BCUT2D eigenvalue weighted by Crippen LogP contribution is 2.27. The van der Waals surface area contributed by atoms with Crippen LogP contribution in [0.4, 0.5) is 11.4 Å². The molecule has 0 spiro atoms. The number of nitrogens with two attached hydrogens (primary N) is 1. The minimum atomic E-state index is 0.289. The molecule has 1 unspecified atom stereocenters. The van der Waals surface area contributed by atoms with Gasteiger partial charge in [0.1, 0.15) is 6.07 Å². The number of nitrogens with one attached hydrogen (secondary N) is 1. The first-order valence-electron chi connectivity index (χ1n) is 5.84. The monoisotopic (exact) mass is 257 g/mol. The minimum Gasteiger partial charge on any atom is -0.398 e. The van der Waals surface area contributed by atoms with Gasteiger partial charge in [-0.15, -0.1) is 11.3 Å². The second-order valence-corrected chi connectivity index (χ2v) is 5.01. The number of nitriles is 1. The lowest BCUT2D eigenvalue weighted by molar-refractivity contribution is 0.764. The average Bonchev–Trinajstić information content (AvgIpc) is 2.90. The summed E-state index contributed by atoms with van der Waals surface area (Å²) in [6.45, 7) is 2.14. The Labute approximate surface area is 111 Å². The molecular formula is C14H15N3S. The highest BCUT2D eigenvalue weighted by Gasteiger charge is 2.10. The molecule has 0 saturated carbocycles. The summed E-state index contributed by atoms with van der Waals surface area (Å²) in [6.07, 6.45) is 1.00. The molecule has 0 radical (unpaired) electrons. The fraction of sp³-hybridized carbons (Fsp3) is 0.214. The highest BCUT2D eigenvalue weighted by molar-refractivity contribution is 7.10. The van der Waals surface area contributed by atoms with E-state index in [9.17, 15) is 0 Å². The molecule has 0 fully saturated rings. The van der Waals surface area contributed by atoms with E-state index in [2.05, 4.69) is 35.8 Å². The maximum Gasteiger partial charge on any atom is 0.101 e. The Morgan fingerprint density at radius 2 is 2.28 bits per heavy atom. The van der Waals surface area contributed by atoms with Gasteiger partial charge < -0.3 is 11.1 Å². The number of anilines is 2. The Balaban J connectivity index is 2.18. The van der Waals surface area contributed by atoms with Crippen molar-refractivity contribution in [2.75, 3.05) is 11.1 Å². The van der Waals surface area contributed by atoms with Crippen molar-refractivity contribution in [3.63, 3.8) is 0 Å². The minimum absolute atomic E-state index is 0.289. The van der Waals surface area contributed by atoms with E-state index in [1.54, 1.807) is 17.4 Å². The number of benzene rings is 1. The van der Waals surface area contributed by atoms with Gasteiger partial charge in [-0.25, -0.2) is 0 Å². The molecule has 92 valence electrons. The molecule has 1 aromatic heterocycles. The van der Waals surface area contributed by atoms with E-state index in [-0.39, 0.29) is 6.04 Å². The molecule has 2 aromatic rings. The molecule has 1 aromatic carbocycles. The van der Waals surface area contributed by atoms with Crippen molar-refractivity contribution in [1.82, 2.24) is 0 Å². The summed E-state index contributed by atoms with van der Waals surface area (Å²) in [6, 6.07) is 12.0. The van der Waals surface area contributed by atoms with Crippen molar-refractivity contribution in [2.24, 2.45) is 0 Å². The van der Waals surface area contributed by atoms with E-state index in [4.69, 9.17) is 11.0 Å². The molecule has 18 heavy (non-hydrogen) atoms. The van der Waals surface area contributed by atoms with Crippen LogP contribution in [0.25, 0.3) is 0 Å². The number of hydrogen-bond donors (Lipinski definition) is 2. The zero-order valence-corrected chi connectivity index (χ0v) is 11.0. The molecule has 0 amide bonds. The fourth-order valence-electron chi connectivity index (χ4n) is 1.82. The van der Waals surface area contributed by atoms with Gasteiger partial charge in [0.25, 0.3) is 0 Å². The van der Waals surface area contributed by atoms with E-state index >= 15 is 0 Å². The Hall–Kier alpha value is -1.99. The first-order chi connectivity index (χ1) is 8.74. The molecule has 4 heteroatoms. The quantitative estimate of drug-likeness (QED) is 0.820.